The first kappa shape index (κ1) is 19.4. The summed E-state index contributed by atoms with van der Waals surface area (Å²) >= 11 is 6.11. The van der Waals surface area contributed by atoms with Gasteiger partial charge in [-0.25, -0.2) is 8.93 Å². The summed E-state index contributed by atoms with van der Waals surface area (Å²) in [4.78, 5) is 12.3. The maximum Gasteiger partial charge on any atom is 0.307 e. The van der Waals surface area contributed by atoms with Crippen molar-refractivity contribution in [2.75, 3.05) is 6.61 Å². The number of esters is 1. The molecule has 7 heteroatoms. The molecule has 2 N–H and O–H groups in total. The maximum atomic E-state index is 12.6. The Bertz CT molecular complexity index is 761. The summed E-state index contributed by atoms with van der Waals surface area (Å²) < 4.78 is 20.5. The number of hydrogen-bond acceptors (Lipinski definition) is 4. The highest BCUT2D eigenvalue weighted by Crippen LogP contribution is 2.25. The van der Waals surface area contributed by atoms with Gasteiger partial charge >= 0.3 is 5.97 Å². The lowest BCUT2D eigenvalue weighted by molar-refractivity contribution is -0.143. The number of rotatable bonds is 7. The second-order valence-corrected chi connectivity index (χ2v) is 7.19. The smallest absolute Gasteiger partial charge is 0.307 e. The Balaban J connectivity index is 2.27. The van der Waals surface area contributed by atoms with E-state index in [0.717, 1.165) is 11.1 Å². The number of ether oxygens (including phenoxy) is 1. The molecule has 0 aliphatic heterocycles. The molecule has 0 amide bonds. The van der Waals surface area contributed by atoms with Crippen LogP contribution in [0.25, 0.3) is 0 Å². The van der Waals surface area contributed by atoms with Crippen molar-refractivity contribution in [3.63, 3.8) is 0 Å². The van der Waals surface area contributed by atoms with Gasteiger partial charge in [0.05, 0.1) is 24.0 Å². The van der Waals surface area contributed by atoms with Crippen molar-refractivity contribution in [2.24, 2.45) is 0 Å². The van der Waals surface area contributed by atoms with Crippen LogP contribution in [0.3, 0.4) is 0 Å². The van der Waals surface area contributed by atoms with E-state index in [1.54, 1.807) is 31.2 Å². The lowest BCUT2D eigenvalue weighted by Gasteiger charge is -2.19. The quantitative estimate of drug-likeness (QED) is 0.717. The molecule has 5 nitrogen and oxygen atoms in total. The Kier molecular flexibility index (Phi) is 6.99. The number of aromatic hydroxyl groups is 1. The predicted molar refractivity (Wildman–Crippen MR) is 97.8 cm³/mol. The second-order valence-electron chi connectivity index (χ2n) is 5.51. The number of carbonyl (C=O) groups excluding carboxylic acids is 1. The minimum atomic E-state index is -1.62. The molecule has 0 radical (unpaired) electrons. The molecule has 0 aliphatic carbocycles. The molecule has 2 atom stereocenters. The molecule has 2 aromatic carbocycles. The molecule has 2 aromatic rings. The highest BCUT2D eigenvalue weighted by Gasteiger charge is 2.20. The van der Waals surface area contributed by atoms with Crippen LogP contribution >= 0.6 is 11.6 Å². The molecular formula is C18H20ClNO4S. The molecule has 2 rings (SSSR count). The molecule has 2 unspecified atom stereocenters. The molecule has 25 heavy (non-hydrogen) atoms. The van der Waals surface area contributed by atoms with Crippen LogP contribution in [0.4, 0.5) is 0 Å². The van der Waals surface area contributed by atoms with Crippen LogP contribution in [0.5, 0.6) is 5.75 Å². The molecule has 0 aromatic heterocycles. The van der Waals surface area contributed by atoms with Gasteiger partial charge in [-0.05, 0) is 55.3 Å². The monoisotopic (exact) mass is 381 g/mol. The molecule has 0 bridgehead atoms. The van der Waals surface area contributed by atoms with Crippen molar-refractivity contribution in [1.29, 1.82) is 0 Å². The van der Waals surface area contributed by atoms with E-state index in [-0.39, 0.29) is 18.8 Å². The number of phenols is 1. The molecule has 0 heterocycles. The van der Waals surface area contributed by atoms with Crippen molar-refractivity contribution in [1.82, 2.24) is 4.72 Å². The van der Waals surface area contributed by atoms with Gasteiger partial charge in [0.2, 0.25) is 0 Å². The van der Waals surface area contributed by atoms with Crippen LogP contribution < -0.4 is 4.72 Å². The third kappa shape index (κ3) is 5.85. The van der Waals surface area contributed by atoms with E-state index < -0.39 is 23.0 Å². The van der Waals surface area contributed by atoms with Gasteiger partial charge in [-0.15, -0.1) is 0 Å². The molecule has 0 saturated heterocycles. The molecule has 0 saturated carbocycles. The summed E-state index contributed by atoms with van der Waals surface area (Å²) in [6.45, 7) is 3.90. The van der Waals surface area contributed by atoms with Gasteiger partial charge in [-0.2, -0.15) is 0 Å². The number of phenolic OH excluding ortho intramolecular Hbond substituents is 1. The summed E-state index contributed by atoms with van der Waals surface area (Å²) in [7, 11) is -1.62. The Morgan fingerprint density at radius 3 is 2.72 bits per heavy atom. The number of carbonyl (C=O) groups is 1. The van der Waals surface area contributed by atoms with E-state index in [4.69, 9.17) is 16.3 Å². The van der Waals surface area contributed by atoms with E-state index in [2.05, 4.69) is 4.72 Å². The van der Waals surface area contributed by atoms with Gasteiger partial charge in [-0.1, -0.05) is 23.7 Å². The Morgan fingerprint density at radius 1 is 1.32 bits per heavy atom. The van der Waals surface area contributed by atoms with Crippen LogP contribution in [0.1, 0.15) is 30.5 Å². The zero-order valence-corrected chi connectivity index (χ0v) is 15.6. The van der Waals surface area contributed by atoms with Gasteiger partial charge in [0.25, 0.3) is 0 Å². The van der Waals surface area contributed by atoms with E-state index in [9.17, 15) is 14.1 Å². The first-order chi connectivity index (χ1) is 11.9. The molecule has 134 valence electrons. The number of benzene rings is 2. The van der Waals surface area contributed by atoms with E-state index in [1.807, 2.05) is 13.0 Å². The number of hydrogen-bond donors (Lipinski definition) is 2. The predicted octanol–water partition coefficient (Wildman–Crippen LogP) is 3.66. The van der Waals surface area contributed by atoms with Crippen molar-refractivity contribution < 1.29 is 18.8 Å². The standard InChI is InChI=1S/C18H20ClNO4S/c1-3-24-18(22)11-17(13-7-12(2)8-14(19)9-13)20-25(23)16-6-4-5-15(21)10-16/h4-10,17,20-21H,3,11H2,1-2H3. The maximum absolute atomic E-state index is 12.6. The lowest BCUT2D eigenvalue weighted by Crippen LogP contribution is -2.27. The summed E-state index contributed by atoms with van der Waals surface area (Å²) in [5.41, 5.74) is 1.67. The third-order valence-corrected chi connectivity index (χ3v) is 4.82. The largest absolute Gasteiger partial charge is 0.508 e. The Morgan fingerprint density at radius 2 is 2.08 bits per heavy atom. The van der Waals surface area contributed by atoms with E-state index in [1.165, 1.54) is 12.1 Å². The second kappa shape index (κ2) is 8.99. The summed E-state index contributed by atoms with van der Waals surface area (Å²) in [5, 5.41) is 10.1. The first-order valence-corrected chi connectivity index (χ1v) is 9.31. The number of aryl methyl sites for hydroxylation is 1. The topological polar surface area (TPSA) is 75.6 Å². The molecule has 0 fully saturated rings. The van der Waals surface area contributed by atoms with Crippen LogP contribution in [0, 0.1) is 6.92 Å². The number of halogens is 1. The summed E-state index contributed by atoms with van der Waals surface area (Å²) in [5.74, 6) is -0.376. The summed E-state index contributed by atoms with van der Waals surface area (Å²) in [6.07, 6.45) is 0.0121. The fraction of sp³-hybridized carbons (Fsp3) is 0.278. The Hall–Kier alpha value is -1.89. The van der Waals surface area contributed by atoms with Gasteiger partial charge in [0.15, 0.2) is 0 Å². The van der Waals surface area contributed by atoms with Gasteiger partial charge < -0.3 is 9.84 Å². The average Bonchev–Trinajstić information content (AvgIpc) is 2.53. The lowest BCUT2D eigenvalue weighted by atomic mass is 10.0. The SMILES string of the molecule is CCOC(=O)CC(NS(=O)c1cccc(O)c1)c1cc(C)cc(Cl)c1. The normalized spacial score (nSPS) is 13.2. The van der Waals surface area contributed by atoms with Gasteiger partial charge in [0, 0.05) is 5.02 Å². The van der Waals surface area contributed by atoms with Crippen LogP contribution in [-0.2, 0) is 20.5 Å². The minimum Gasteiger partial charge on any atom is -0.508 e. The van der Waals surface area contributed by atoms with Crippen LogP contribution in [-0.4, -0.2) is 21.9 Å². The van der Waals surface area contributed by atoms with Crippen LogP contribution in [0.15, 0.2) is 47.4 Å². The Labute approximate surface area is 154 Å². The van der Waals surface area contributed by atoms with Gasteiger partial charge in [0.1, 0.15) is 16.7 Å². The van der Waals surface area contributed by atoms with Gasteiger partial charge in [-0.3, -0.25) is 4.79 Å². The third-order valence-electron chi connectivity index (χ3n) is 3.42. The zero-order chi connectivity index (χ0) is 18.4. The fourth-order valence-corrected chi connectivity index (χ4v) is 3.72. The highest BCUT2D eigenvalue weighted by atomic mass is 35.5. The highest BCUT2D eigenvalue weighted by molar-refractivity contribution is 7.83. The van der Waals surface area contributed by atoms with Crippen LogP contribution in [0.2, 0.25) is 5.02 Å². The average molecular weight is 382 g/mol. The first-order valence-electron chi connectivity index (χ1n) is 7.78. The van der Waals surface area contributed by atoms with Crippen molar-refractivity contribution in [3.05, 3.63) is 58.6 Å². The van der Waals surface area contributed by atoms with E-state index >= 15 is 0 Å². The number of nitrogens with one attached hydrogen (secondary N) is 1. The molecular weight excluding hydrogens is 362 g/mol. The van der Waals surface area contributed by atoms with Crippen molar-refractivity contribution >= 4 is 28.6 Å². The summed E-state index contributed by atoms with van der Waals surface area (Å²) in [6, 6.07) is 11.0. The van der Waals surface area contributed by atoms with E-state index in [0.29, 0.717) is 9.92 Å². The van der Waals surface area contributed by atoms with Crippen molar-refractivity contribution in [2.45, 2.75) is 31.2 Å². The zero-order valence-electron chi connectivity index (χ0n) is 14.0. The molecule has 0 spiro atoms. The van der Waals surface area contributed by atoms with Crippen molar-refractivity contribution in [3.8, 4) is 5.75 Å². The molecule has 0 aliphatic rings. The minimum absolute atomic E-state index is 0.0121. The fourth-order valence-electron chi connectivity index (χ4n) is 2.38.